The number of benzene rings is 2. The fourth-order valence-corrected chi connectivity index (χ4v) is 2.12. The molecule has 1 N–H and O–H groups in total. The van der Waals surface area contributed by atoms with Crippen molar-refractivity contribution in [3.05, 3.63) is 59.7 Å². The molecule has 0 aliphatic heterocycles. The second-order valence-electron chi connectivity index (χ2n) is 4.53. The van der Waals surface area contributed by atoms with Gasteiger partial charge in [0.05, 0.1) is 12.3 Å². The van der Waals surface area contributed by atoms with Crippen molar-refractivity contribution in [1.82, 2.24) is 0 Å². The van der Waals surface area contributed by atoms with Gasteiger partial charge < -0.3 is 10.1 Å². The average molecular weight is 255 g/mol. The molecule has 0 atom stereocenters. The maximum atomic E-state index is 5.60. The lowest BCUT2D eigenvalue weighted by Gasteiger charge is -2.12. The van der Waals surface area contributed by atoms with Crippen LogP contribution in [0.2, 0.25) is 0 Å². The summed E-state index contributed by atoms with van der Waals surface area (Å²) in [5.74, 6) is 0.926. The van der Waals surface area contributed by atoms with Gasteiger partial charge in [0.25, 0.3) is 0 Å². The number of rotatable bonds is 6. The van der Waals surface area contributed by atoms with E-state index in [9.17, 15) is 0 Å². The molecule has 0 heterocycles. The van der Waals surface area contributed by atoms with Gasteiger partial charge >= 0.3 is 0 Å². The van der Waals surface area contributed by atoms with E-state index < -0.39 is 0 Å². The summed E-state index contributed by atoms with van der Waals surface area (Å²) in [5, 5.41) is 3.45. The Morgan fingerprint density at radius 3 is 2.53 bits per heavy atom. The molecule has 2 aromatic rings. The van der Waals surface area contributed by atoms with Crippen LogP contribution in [0.5, 0.6) is 5.75 Å². The van der Waals surface area contributed by atoms with E-state index in [0.717, 1.165) is 24.4 Å². The molecule has 0 bridgehead atoms. The predicted molar refractivity (Wildman–Crippen MR) is 81.0 cm³/mol. The fourth-order valence-electron chi connectivity index (χ4n) is 2.12. The summed E-state index contributed by atoms with van der Waals surface area (Å²) < 4.78 is 5.60. The second kappa shape index (κ2) is 6.83. The Hall–Kier alpha value is -1.96. The molecule has 0 amide bonds. The summed E-state index contributed by atoms with van der Waals surface area (Å²) in [4.78, 5) is 0. The van der Waals surface area contributed by atoms with Crippen LogP contribution < -0.4 is 10.1 Å². The minimum Gasteiger partial charge on any atom is -0.492 e. The van der Waals surface area contributed by atoms with Crippen molar-refractivity contribution in [2.75, 3.05) is 18.5 Å². The van der Waals surface area contributed by atoms with Gasteiger partial charge in [-0.1, -0.05) is 36.4 Å². The standard InChI is InChI=1S/C17H21NO/c1-3-19-17-11-7-6-10-16(17)18-13-12-15-9-5-4-8-14(15)2/h4-11,18H,3,12-13H2,1-2H3. The first kappa shape index (κ1) is 13.5. The lowest BCUT2D eigenvalue weighted by Crippen LogP contribution is -2.07. The van der Waals surface area contributed by atoms with Crippen molar-refractivity contribution in [3.8, 4) is 5.75 Å². The third-order valence-corrected chi connectivity index (χ3v) is 3.16. The van der Waals surface area contributed by atoms with E-state index in [1.54, 1.807) is 0 Å². The summed E-state index contributed by atoms with van der Waals surface area (Å²) in [6.45, 7) is 5.76. The highest BCUT2D eigenvalue weighted by Gasteiger charge is 2.02. The van der Waals surface area contributed by atoms with Crippen LogP contribution >= 0.6 is 0 Å². The maximum absolute atomic E-state index is 5.60. The molecule has 0 unspecified atom stereocenters. The van der Waals surface area contributed by atoms with Crippen LogP contribution in [-0.2, 0) is 6.42 Å². The lowest BCUT2D eigenvalue weighted by atomic mass is 10.1. The van der Waals surface area contributed by atoms with Crippen molar-refractivity contribution in [3.63, 3.8) is 0 Å². The summed E-state index contributed by atoms with van der Waals surface area (Å²) >= 11 is 0. The summed E-state index contributed by atoms with van der Waals surface area (Å²) in [6.07, 6.45) is 1.02. The Morgan fingerprint density at radius 1 is 1.00 bits per heavy atom. The highest BCUT2D eigenvalue weighted by Crippen LogP contribution is 2.23. The summed E-state index contributed by atoms with van der Waals surface area (Å²) in [7, 11) is 0. The Kier molecular flexibility index (Phi) is 4.85. The minimum absolute atomic E-state index is 0.691. The third-order valence-electron chi connectivity index (χ3n) is 3.16. The number of ether oxygens (including phenoxy) is 1. The van der Waals surface area contributed by atoms with Crippen LogP contribution in [0.15, 0.2) is 48.5 Å². The molecule has 0 radical (unpaired) electrons. The van der Waals surface area contributed by atoms with Gasteiger partial charge in [-0.15, -0.1) is 0 Å². The average Bonchev–Trinajstić information content (AvgIpc) is 2.43. The van der Waals surface area contributed by atoms with Gasteiger partial charge in [0.1, 0.15) is 5.75 Å². The smallest absolute Gasteiger partial charge is 0.142 e. The molecule has 2 heteroatoms. The van der Waals surface area contributed by atoms with E-state index >= 15 is 0 Å². The molecular weight excluding hydrogens is 234 g/mol. The molecule has 0 aliphatic carbocycles. The van der Waals surface area contributed by atoms with E-state index in [1.807, 2.05) is 25.1 Å². The number of nitrogens with one attached hydrogen (secondary N) is 1. The van der Waals surface area contributed by atoms with Crippen molar-refractivity contribution in [2.45, 2.75) is 20.3 Å². The quantitative estimate of drug-likeness (QED) is 0.841. The summed E-state index contributed by atoms with van der Waals surface area (Å²) in [5.41, 5.74) is 3.81. The maximum Gasteiger partial charge on any atom is 0.142 e. The lowest BCUT2D eigenvalue weighted by molar-refractivity contribution is 0.341. The first-order valence-electron chi connectivity index (χ1n) is 6.81. The molecular formula is C17H21NO. The molecule has 0 spiro atoms. The van der Waals surface area contributed by atoms with Gasteiger partial charge in [-0.3, -0.25) is 0 Å². The molecule has 0 aromatic heterocycles. The van der Waals surface area contributed by atoms with Crippen molar-refractivity contribution in [2.24, 2.45) is 0 Å². The molecule has 0 fully saturated rings. The van der Waals surface area contributed by atoms with Gasteiger partial charge in [-0.25, -0.2) is 0 Å². The highest BCUT2D eigenvalue weighted by atomic mass is 16.5. The van der Waals surface area contributed by atoms with Crippen LogP contribution in [0.25, 0.3) is 0 Å². The number of anilines is 1. The number of aryl methyl sites for hydroxylation is 1. The van der Waals surface area contributed by atoms with Crippen LogP contribution in [0.4, 0.5) is 5.69 Å². The van der Waals surface area contributed by atoms with Gasteiger partial charge in [0.15, 0.2) is 0 Å². The van der Waals surface area contributed by atoms with E-state index in [-0.39, 0.29) is 0 Å². The van der Waals surface area contributed by atoms with Gasteiger partial charge in [-0.05, 0) is 43.5 Å². The zero-order chi connectivity index (χ0) is 13.5. The zero-order valence-corrected chi connectivity index (χ0v) is 11.6. The minimum atomic E-state index is 0.691. The Morgan fingerprint density at radius 2 is 1.74 bits per heavy atom. The molecule has 19 heavy (non-hydrogen) atoms. The second-order valence-corrected chi connectivity index (χ2v) is 4.53. The highest BCUT2D eigenvalue weighted by molar-refractivity contribution is 5.56. The third kappa shape index (κ3) is 3.75. The van der Waals surface area contributed by atoms with Crippen LogP contribution in [0.3, 0.4) is 0 Å². The fraction of sp³-hybridized carbons (Fsp3) is 0.294. The van der Waals surface area contributed by atoms with Crippen LogP contribution in [0.1, 0.15) is 18.1 Å². The molecule has 0 saturated carbocycles. The molecule has 0 aliphatic rings. The van der Waals surface area contributed by atoms with E-state index in [2.05, 4.69) is 42.6 Å². The molecule has 2 rings (SSSR count). The van der Waals surface area contributed by atoms with Crippen molar-refractivity contribution in [1.29, 1.82) is 0 Å². The van der Waals surface area contributed by atoms with Crippen LogP contribution in [0, 0.1) is 6.92 Å². The van der Waals surface area contributed by atoms with Crippen LogP contribution in [-0.4, -0.2) is 13.2 Å². The molecule has 2 aromatic carbocycles. The van der Waals surface area contributed by atoms with Crippen molar-refractivity contribution >= 4 is 5.69 Å². The number of para-hydroxylation sites is 2. The first-order valence-corrected chi connectivity index (χ1v) is 6.81. The number of hydrogen-bond donors (Lipinski definition) is 1. The van der Waals surface area contributed by atoms with Gasteiger partial charge in [-0.2, -0.15) is 0 Å². The van der Waals surface area contributed by atoms with E-state index in [0.29, 0.717) is 6.61 Å². The monoisotopic (exact) mass is 255 g/mol. The zero-order valence-electron chi connectivity index (χ0n) is 11.6. The normalized spacial score (nSPS) is 10.2. The van der Waals surface area contributed by atoms with Gasteiger partial charge in [0, 0.05) is 6.54 Å². The largest absolute Gasteiger partial charge is 0.492 e. The van der Waals surface area contributed by atoms with Crippen molar-refractivity contribution < 1.29 is 4.74 Å². The Balaban J connectivity index is 1.94. The van der Waals surface area contributed by atoms with E-state index in [4.69, 9.17) is 4.74 Å². The molecule has 100 valence electrons. The first-order chi connectivity index (χ1) is 9.31. The topological polar surface area (TPSA) is 21.3 Å². The SMILES string of the molecule is CCOc1ccccc1NCCc1ccccc1C. The Bertz CT molecular complexity index is 522. The molecule has 2 nitrogen and oxygen atoms in total. The summed E-state index contributed by atoms with van der Waals surface area (Å²) in [6, 6.07) is 16.6. The van der Waals surface area contributed by atoms with Gasteiger partial charge in [0.2, 0.25) is 0 Å². The molecule has 0 saturated heterocycles. The predicted octanol–water partition coefficient (Wildman–Crippen LogP) is 4.05. The number of hydrogen-bond acceptors (Lipinski definition) is 2. The Labute approximate surface area is 115 Å². The van der Waals surface area contributed by atoms with E-state index in [1.165, 1.54) is 11.1 Å².